The van der Waals surface area contributed by atoms with Gasteiger partial charge in [0.2, 0.25) is 0 Å². The van der Waals surface area contributed by atoms with E-state index in [0.29, 0.717) is 31.5 Å². The normalized spacial score (nSPS) is 31.7. The van der Waals surface area contributed by atoms with E-state index in [9.17, 15) is 4.79 Å². The summed E-state index contributed by atoms with van der Waals surface area (Å²) in [5.74, 6) is 1.05. The van der Waals surface area contributed by atoms with Gasteiger partial charge in [-0.1, -0.05) is 24.3 Å². The molecule has 1 heterocycles. The number of hydrogen-bond acceptors (Lipinski definition) is 3. The number of hydrogen-bond donors (Lipinski definition) is 1. The molecule has 1 aliphatic heterocycles. The first kappa shape index (κ1) is 15.5. The van der Waals surface area contributed by atoms with E-state index < -0.39 is 6.10 Å². The minimum atomic E-state index is -0.500. The molecule has 2 aliphatic carbocycles. The van der Waals surface area contributed by atoms with Crippen LogP contribution in [0.3, 0.4) is 0 Å². The van der Waals surface area contributed by atoms with Crippen molar-refractivity contribution in [3.8, 4) is 6.07 Å². The van der Waals surface area contributed by atoms with Crippen LogP contribution < -0.4 is 5.32 Å². The number of urea groups is 1. The molecule has 1 saturated carbocycles. The summed E-state index contributed by atoms with van der Waals surface area (Å²) in [7, 11) is 0. The van der Waals surface area contributed by atoms with Crippen LogP contribution in [0.4, 0.5) is 4.79 Å². The van der Waals surface area contributed by atoms with Gasteiger partial charge in [-0.05, 0) is 48.6 Å². The molecule has 0 spiro atoms. The van der Waals surface area contributed by atoms with E-state index in [4.69, 9.17) is 10.00 Å². The van der Waals surface area contributed by atoms with Crippen LogP contribution in [-0.2, 0) is 17.6 Å². The Morgan fingerprint density at radius 1 is 1.21 bits per heavy atom. The SMILES string of the molecule is N#CC1CN(C(=O)NC2C3CCC2Cc2ccccc2C3)CCO1. The average molecular weight is 325 g/mol. The molecule has 1 aromatic carbocycles. The smallest absolute Gasteiger partial charge is 0.317 e. The van der Waals surface area contributed by atoms with Crippen molar-refractivity contribution in [1.29, 1.82) is 5.26 Å². The van der Waals surface area contributed by atoms with Crippen LogP contribution in [0, 0.1) is 23.2 Å². The second-order valence-electron chi connectivity index (χ2n) is 7.18. The van der Waals surface area contributed by atoms with E-state index in [1.807, 2.05) is 0 Å². The maximum absolute atomic E-state index is 12.7. The predicted molar refractivity (Wildman–Crippen MR) is 89.3 cm³/mol. The molecule has 24 heavy (non-hydrogen) atoms. The van der Waals surface area contributed by atoms with Crippen LogP contribution in [0.5, 0.6) is 0 Å². The number of nitrogens with zero attached hydrogens (tertiary/aromatic N) is 2. The van der Waals surface area contributed by atoms with E-state index in [1.54, 1.807) is 4.90 Å². The number of benzene rings is 1. The molecular formula is C19H23N3O2. The molecule has 3 aliphatic rings. The lowest BCUT2D eigenvalue weighted by molar-refractivity contribution is 0.0147. The first-order chi connectivity index (χ1) is 11.7. The van der Waals surface area contributed by atoms with Crippen LogP contribution in [0.25, 0.3) is 0 Å². The summed E-state index contributed by atoms with van der Waals surface area (Å²) in [5, 5.41) is 12.3. The van der Waals surface area contributed by atoms with Gasteiger partial charge in [-0.25, -0.2) is 4.79 Å². The molecule has 2 fully saturated rings. The molecule has 0 aromatic heterocycles. The van der Waals surface area contributed by atoms with Gasteiger partial charge in [-0.15, -0.1) is 0 Å². The summed E-state index contributed by atoms with van der Waals surface area (Å²) in [6, 6.07) is 11.0. The highest BCUT2D eigenvalue weighted by Crippen LogP contribution is 2.40. The highest BCUT2D eigenvalue weighted by Gasteiger charge is 2.40. The van der Waals surface area contributed by atoms with Gasteiger partial charge in [0.15, 0.2) is 6.10 Å². The molecule has 1 saturated heterocycles. The van der Waals surface area contributed by atoms with Crippen molar-refractivity contribution in [1.82, 2.24) is 10.2 Å². The summed E-state index contributed by atoms with van der Waals surface area (Å²) < 4.78 is 5.33. The first-order valence-electron chi connectivity index (χ1n) is 8.88. The molecule has 2 bridgehead atoms. The van der Waals surface area contributed by atoms with E-state index in [-0.39, 0.29) is 12.1 Å². The first-order valence-corrected chi connectivity index (χ1v) is 8.88. The quantitative estimate of drug-likeness (QED) is 0.860. The molecule has 1 N–H and O–H groups in total. The van der Waals surface area contributed by atoms with Crippen LogP contribution in [0.15, 0.2) is 24.3 Å². The predicted octanol–water partition coefficient (Wildman–Crippen LogP) is 2.11. The third-order valence-electron chi connectivity index (χ3n) is 5.79. The number of nitriles is 1. The summed E-state index contributed by atoms with van der Waals surface area (Å²) in [6.07, 6.45) is 3.99. The number of morpholine rings is 1. The summed E-state index contributed by atoms with van der Waals surface area (Å²) in [4.78, 5) is 14.4. The summed E-state index contributed by atoms with van der Waals surface area (Å²) in [6.45, 7) is 1.37. The summed E-state index contributed by atoms with van der Waals surface area (Å²) >= 11 is 0. The van der Waals surface area contributed by atoms with Crippen LogP contribution in [-0.4, -0.2) is 42.8 Å². The van der Waals surface area contributed by atoms with Gasteiger partial charge in [0.25, 0.3) is 0 Å². The van der Waals surface area contributed by atoms with Gasteiger partial charge in [-0.2, -0.15) is 5.26 Å². The number of nitrogens with one attached hydrogen (secondary N) is 1. The number of rotatable bonds is 1. The van der Waals surface area contributed by atoms with Gasteiger partial charge in [0.1, 0.15) is 0 Å². The largest absolute Gasteiger partial charge is 0.360 e. The standard InChI is InChI=1S/C19H23N3O2/c20-11-17-12-22(7-8-24-17)19(23)21-18-15-5-6-16(18)10-14-4-2-1-3-13(14)9-15/h1-4,15-18H,5-10,12H2,(H,21,23). The van der Waals surface area contributed by atoms with Crippen LogP contribution in [0.2, 0.25) is 0 Å². The van der Waals surface area contributed by atoms with Crippen molar-refractivity contribution in [2.75, 3.05) is 19.7 Å². The second kappa shape index (κ2) is 6.45. The van der Waals surface area contributed by atoms with Crippen LogP contribution >= 0.6 is 0 Å². The Balaban J connectivity index is 1.46. The topological polar surface area (TPSA) is 65.4 Å². The average Bonchev–Trinajstić information content (AvgIpc) is 2.89. The number of ether oxygens (including phenoxy) is 1. The minimum absolute atomic E-state index is 0.0357. The fourth-order valence-electron chi connectivity index (χ4n) is 4.53. The van der Waals surface area contributed by atoms with Crippen molar-refractivity contribution in [3.63, 3.8) is 0 Å². The Labute approximate surface area is 142 Å². The molecule has 0 radical (unpaired) electrons. The number of carbonyl (C=O) groups excluding carboxylic acids is 1. The second-order valence-corrected chi connectivity index (χ2v) is 7.18. The molecule has 1 aromatic rings. The van der Waals surface area contributed by atoms with Crippen molar-refractivity contribution in [2.45, 2.75) is 37.8 Å². The Morgan fingerprint density at radius 2 is 1.88 bits per heavy atom. The van der Waals surface area contributed by atoms with Crippen molar-refractivity contribution < 1.29 is 9.53 Å². The zero-order valence-electron chi connectivity index (χ0n) is 13.8. The third-order valence-corrected chi connectivity index (χ3v) is 5.79. The van der Waals surface area contributed by atoms with Gasteiger partial charge in [0.05, 0.1) is 19.2 Å². The van der Waals surface area contributed by atoms with Crippen molar-refractivity contribution in [2.24, 2.45) is 11.8 Å². The van der Waals surface area contributed by atoms with Crippen molar-refractivity contribution in [3.05, 3.63) is 35.4 Å². The number of carbonyl (C=O) groups is 1. The lowest BCUT2D eigenvalue weighted by Crippen LogP contribution is -2.53. The van der Waals surface area contributed by atoms with E-state index in [0.717, 1.165) is 12.8 Å². The van der Waals surface area contributed by atoms with E-state index >= 15 is 0 Å². The maximum atomic E-state index is 12.7. The third kappa shape index (κ3) is 2.87. The lowest BCUT2D eigenvalue weighted by Gasteiger charge is -2.33. The van der Waals surface area contributed by atoms with Gasteiger partial charge in [0, 0.05) is 12.6 Å². The molecule has 126 valence electrons. The van der Waals surface area contributed by atoms with Crippen LogP contribution in [0.1, 0.15) is 24.0 Å². The monoisotopic (exact) mass is 325 g/mol. The Morgan fingerprint density at radius 3 is 2.50 bits per heavy atom. The molecule has 4 rings (SSSR count). The molecule has 2 amide bonds. The highest BCUT2D eigenvalue weighted by molar-refractivity contribution is 5.75. The molecule has 5 nitrogen and oxygen atoms in total. The lowest BCUT2D eigenvalue weighted by atomic mass is 9.94. The molecule has 3 unspecified atom stereocenters. The van der Waals surface area contributed by atoms with Gasteiger partial charge >= 0.3 is 6.03 Å². The van der Waals surface area contributed by atoms with Gasteiger partial charge in [-0.3, -0.25) is 0 Å². The molecular weight excluding hydrogens is 302 g/mol. The van der Waals surface area contributed by atoms with E-state index in [1.165, 1.54) is 24.0 Å². The molecule has 5 heteroatoms. The van der Waals surface area contributed by atoms with E-state index in [2.05, 4.69) is 35.7 Å². The fourth-order valence-corrected chi connectivity index (χ4v) is 4.53. The zero-order chi connectivity index (χ0) is 16.5. The minimum Gasteiger partial charge on any atom is -0.360 e. The van der Waals surface area contributed by atoms with Gasteiger partial charge < -0.3 is 15.0 Å². The highest BCUT2D eigenvalue weighted by atomic mass is 16.5. The number of amides is 2. The number of fused-ring (bicyclic) bond motifs is 3. The summed E-state index contributed by atoms with van der Waals surface area (Å²) in [5.41, 5.74) is 2.89. The Hall–Kier alpha value is -2.06. The fraction of sp³-hybridized carbons (Fsp3) is 0.579. The Kier molecular flexibility index (Phi) is 4.15. The Bertz CT molecular complexity index is 636. The zero-order valence-corrected chi connectivity index (χ0v) is 13.8. The van der Waals surface area contributed by atoms with Crippen molar-refractivity contribution >= 4 is 6.03 Å². The molecule has 3 atom stereocenters. The maximum Gasteiger partial charge on any atom is 0.317 e.